The highest BCUT2D eigenvalue weighted by Gasteiger charge is 2.34. The van der Waals surface area contributed by atoms with Crippen molar-refractivity contribution in [1.82, 2.24) is 10.2 Å². The maximum atomic E-state index is 13.4. The van der Waals surface area contributed by atoms with Crippen LogP contribution in [0.3, 0.4) is 0 Å². The molecule has 0 bridgehead atoms. The number of likely N-dealkylation sites (tertiary alicyclic amines) is 1. The van der Waals surface area contributed by atoms with Crippen LogP contribution in [0, 0.1) is 11.7 Å². The van der Waals surface area contributed by atoms with Crippen LogP contribution in [0.2, 0.25) is 0 Å². The second kappa shape index (κ2) is 7.37. The molecule has 118 valence electrons. The van der Waals surface area contributed by atoms with Crippen molar-refractivity contribution in [2.75, 3.05) is 13.1 Å². The Morgan fingerprint density at radius 2 is 2.14 bits per heavy atom. The minimum Gasteiger partial charge on any atom is -0.314 e. The van der Waals surface area contributed by atoms with E-state index in [1.54, 1.807) is 6.07 Å². The minimum absolute atomic E-state index is 0.139. The topological polar surface area (TPSA) is 15.3 Å². The van der Waals surface area contributed by atoms with Gasteiger partial charge in [0.25, 0.3) is 0 Å². The van der Waals surface area contributed by atoms with E-state index in [0.717, 1.165) is 18.7 Å². The molecule has 1 fully saturated rings. The molecule has 1 heterocycles. The molecule has 3 heteroatoms. The van der Waals surface area contributed by atoms with E-state index in [0.29, 0.717) is 18.0 Å². The quantitative estimate of drug-likeness (QED) is 0.883. The monoisotopic (exact) mass is 292 g/mol. The van der Waals surface area contributed by atoms with E-state index >= 15 is 0 Å². The number of nitrogens with one attached hydrogen (secondary N) is 1. The third-order valence-corrected chi connectivity index (χ3v) is 5.10. The van der Waals surface area contributed by atoms with Crippen LogP contribution in [-0.4, -0.2) is 30.1 Å². The summed E-state index contributed by atoms with van der Waals surface area (Å²) in [5, 5.41) is 3.67. The fourth-order valence-corrected chi connectivity index (χ4v) is 3.51. The van der Waals surface area contributed by atoms with Crippen molar-refractivity contribution in [3.8, 4) is 0 Å². The van der Waals surface area contributed by atoms with Crippen molar-refractivity contribution in [1.29, 1.82) is 0 Å². The van der Waals surface area contributed by atoms with Gasteiger partial charge in [-0.05, 0) is 56.8 Å². The number of benzene rings is 1. The maximum Gasteiger partial charge on any atom is 0.123 e. The Bertz CT molecular complexity index is 449. The first-order valence-corrected chi connectivity index (χ1v) is 8.29. The number of hydrogen-bond donors (Lipinski definition) is 1. The molecule has 1 saturated heterocycles. The number of halogens is 1. The number of piperidine rings is 1. The Labute approximate surface area is 128 Å². The molecular formula is C18H29FN2. The standard InChI is InChI=1S/C18H29FN2/c1-5-10-20-18-9-11-21(14(3)13(18)2)15(4)16-7-6-8-17(19)12-16/h6-8,12-15,18,20H,5,9-11H2,1-4H3. The van der Waals surface area contributed by atoms with Crippen LogP contribution in [0.25, 0.3) is 0 Å². The van der Waals surface area contributed by atoms with Gasteiger partial charge in [0.2, 0.25) is 0 Å². The second-order valence-electron chi connectivity index (χ2n) is 6.42. The highest BCUT2D eigenvalue weighted by molar-refractivity contribution is 5.20. The molecule has 0 aliphatic carbocycles. The van der Waals surface area contributed by atoms with E-state index in [2.05, 4.69) is 37.9 Å². The normalized spacial score (nSPS) is 28.5. The Hall–Kier alpha value is -0.930. The molecule has 1 aromatic carbocycles. The predicted octanol–water partition coefficient (Wildman–Crippen LogP) is 3.99. The van der Waals surface area contributed by atoms with Gasteiger partial charge in [-0.3, -0.25) is 4.90 Å². The summed E-state index contributed by atoms with van der Waals surface area (Å²) in [5.41, 5.74) is 1.08. The summed E-state index contributed by atoms with van der Waals surface area (Å²) in [4.78, 5) is 2.52. The summed E-state index contributed by atoms with van der Waals surface area (Å²) in [5.74, 6) is 0.473. The molecule has 0 amide bonds. The number of hydrogen-bond acceptors (Lipinski definition) is 2. The van der Waals surface area contributed by atoms with E-state index < -0.39 is 0 Å². The zero-order valence-electron chi connectivity index (χ0n) is 13.8. The molecule has 4 atom stereocenters. The first-order chi connectivity index (χ1) is 10.0. The number of rotatable bonds is 5. The summed E-state index contributed by atoms with van der Waals surface area (Å²) < 4.78 is 13.4. The molecule has 0 spiro atoms. The largest absolute Gasteiger partial charge is 0.314 e. The van der Waals surface area contributed by atoms with Crippen LogP contribution in [0.5, 0.6) is 0 Å². The van der Waals surface area contributed by atoms with E-state index in [4.69, 9.17) is 0 Å². The third-order valence-electron chi connectivity index (χ3n) is 5.10. The smallest absolute Gasteiger partial charge is 0.123 e. The Morgan fingerprint density at radius 1 is 1.38 bits per heavy atom. The third kappa shape index (κ3) is 3.83. The first-order valence-electron chi connectivity index (χ1n) is 8.29. The van der Waals surface area contributed by atoms with Crippen LogP contribution < -0.4 is 5.32 Å². The van der Waals surface area contributed by atoms with Gasteiger partial charge in [-0.1, -0.05) is 26.0 Å². The van der Waals surface area contributed by atoms with Gasteiger partial charge in [-0.15, -0.1) is 0 Å². The Kier molecular flexibility index (Phi) is 5.77. The summed E-state index contributed by atoms with van der Waals surface area (Å²) in [6.07, 6.45) is 2.35. The SMILES string of the molecule is CCCNC1CCN(C(C)c2cccc(F)c2)C(C)C1C. The minimum atomic E-state index is -0.139. The van der Waals surface area contributed by atoms with Gasteiger partial charge in [0.1, 0.15) is 5.82 Å². The maximum absolute atomic E-state index is 13.4. The molecule has 0 radical (unpaired) electrons. The lowest BCUT2D eigenvalue weighted by Crippen LogP contribution is -2.54. The van der Waals surface area contributed by atoms with Crippen molar-refractivity contribution in [3.63, 3.8) is 0 Å². The average Bonchev–Trinajstić information content (AvgIpc) is 2.48. The van der Waals surface area contributed by atoms with Crippen molar-refractivity contribution < 1.29 is 4.39 Å². The highest BCUT2D eigenvalue weighted by Crippen LogP contribution is 2.31. The van der Waals surface area contributed by atoms with Gasteiger partial charge in [-0.25, -0.2) is 4.39 Å². The van der Waals surface area contributed by atoms with Crippen LogP contribution in [0.4, 0.5) is 4.39 Å². The fraction of sp³-hybridized carbons (Fsp3) is 0.667. The summed E-state index contributed by atoms with van der Waals surface area (Å²) in [7, 11) is 0. The van der Waals surface area contributed by atoms with E-state index in [9.17, 15) is 4.39 Å². The summed E-state index contributed by atoms with van der Waals surface area (Å²) in [6.45, 7) is 11.2. The molecule has 1 aliphatic heterocycles. The van der Waals surface area contributed by atoms with E-state index in [1.165, 1.54) is 18.9 Å². The van der Waals surface area contributed by atoms with Gasteiger partial charge in [0, 0.05) is 24.7 Å². The van der Waals surface area contributed by atoms with E-state index in [1.807, 2.05) is 12.1 Å². The molecule has 21 heavy (non-hydrogen) atoms. The van der Waals surface area contributed by atoms with Crippen molar-refractivity contribution in [2.24, 2.45) is 5.92 Å². The van der Waals surface area contributed by atoms with Gasteiger partial charge in [0.05, 0.1) is 0 Å². The zero-order valence-corrected chi connectivity index (χ0v) is 13.8. The average molecular weight is 292 g/mol. The zero-order chi connectivity index (χ0) is 15.4. The molecule has 1 aliphatic rings. The molecule has 2 rings (SSSR count). The molecular weight excluding hydrogens is 263 g/mol. The molecule has 0 saturated carbocycles. The van der Waals surface area contributed by atoms with Crippen molar-refractivity contribution in [2.45, 2.75) is 58.7 Å². The lowest BCUT2D eigenvalue weighted by Gasteiger charge is -2.46. The van der Waals surface area contributed by atoms with Crippen molar-refractivity contribution in [3.05, 3.63) is 35.6 Å². The molecule has 2 nitrogen and oxygen atoms in total. The first kappa shape index (κ1) is 16.4. The predicted molar refractivity (Wildman–Crippen MR) is 86.8 cm³/mol. The lowest BCUT2D eigenvalue weighted by atomic mass is 9.85. The summed E-state index contributed by atoms with van der Waals surface area (Å²) in [6, 6.07) is 8.41. The van der Waals surface area contributed by atoms with Crippen LogP contribution in [0.1, 0.15) is 52.1 Å². The van der Waals surface area contributed by atoms with Crippen molar-refractivity contribution >= 4 is 0 Å². The molecule has 1 aromatic rings. The second-order valence-corrected chi connectivity index (χ2v) is 6.42. The fourth-order valence-electron chi connectivity index (χ4n) is 3.51. The van der Waals surface area contributed by atoms with Crippen LogP contribution in [-0.2, 0) is 0 Å². The Morgan fingerprint density at radius 3 is 2.81 bits per heavy atom. The molecule has 4 unspecified atom stereocenters. The highest BCUT2D eigenvalue weighted by atomic mass is 19.1. The van der Waals surface area contributed by atoms with E-state index in [-0.39, 0.29) is 11.9 Å². The molecule has 0 aromatic heterocycles. The van der Waals surface area contributed by atoms with Crippen LogP contribution in [0.15, 0.2) is 24.3 Å². The van der Waals surface area contributed by atoms with Gasteiger partial charge in [0.15, 0.2) is 0 Å². The van der Waals surface area contributed by atoms with Gasteiger partial charge < -0.3 is 5.32 Å². The Balaban J connectivity index is 2.04. The lowest BCUT2D eigenvalue weighted by molar-refractivity contribution is 0.0524. The number of nitrogens with zero attached hydrogens (tertiary/aromatic N) is 1. The summed E-state index contributed by atoms with van der Waals surface area (Å²) >= 11 is 0. The van der Waals surface area contributed by atoms with Crippen LogP contribution >= 0.6 is 0 Å². The van der Waals surface area contributed by atoms with Gasteiger partial charge in [-0.2, -0.15) is 0 Å². The van der Waals surface area contributed by atoms with Gasteiger partial charge >= 0.3 is 0 Å². The molecule has 1 N–H and O–H groups in total.